The lowest BCUT2D eigenvalue weighted by molar-refractivity contribution is 0.464. The normalized spacial score (nSPS) is 10.7. The van der Waals surface area contributed by atoms with Crippen molar-refractivity contribution in [2.45, 2.75) is 26.3 Å². The minimum absolute atomic E-state index is 0.436. The first-order valence-corrected chi connectivity index (χ1v) is 6.56. The number of rotatable bonds is 5. The van der Waals surface area contributed by atoms with E-state index in [-0.39, 0.29) is 0 Å². The third kappa shape index (κ3) is 3.32. The van der Waals surface area contributed by atoms with Crippen LogP contribution >= 0.6 is 0 Å². The molecule has 0 spiro atoms. The number of benzene rings is 1. The van der Waals surface area contributed by atoms with Crippen LogP contribution in [0.4, 0.5) is 0 Å². The van der Waals surface area contributed by atoms with Gasteiger partial charge in [0.15, 0.2) is 0 Å². The van der Waals surface area contributed by atoms with Gasteiger partial charge in [-0.1, -0.05) is 32.0 Å². The summed E-state index contributed by atoms with van der Waals surface area (Å²) in [5.74, 6) is 2.21. The van der Waals surface area contributed by atoms with Gasteiger partial charge in [-0.25, -0.2) is 0 Å². The summed E-state index contributed by atoms with van der Waals surface area (Å²) in [6, 6.07) is 10.1. The van der Waals surface area contributed by atoms with Gasteiger partial charge in [0.05, 0.1) is 0 Å². The van der Waals surface area contributed by atoms with Crippen molar-refractivity contribution in [1.82, 2.24) is 10.3 Å². The van der Waals surface area contributed by atoms with Gasteiger partial charge in [0.1, 0.15) is 11.5 Å². The Kier molecular flexibility index (Phi) is 4.53. The Morgan fingerprint density at radius 3 is 2.68 bits per heavy atom. The summed E-state index contributed by atoms with van der Waals surface area (Å²) in [6.07, 6.45) is 3.59. The second-order valence-electron chi connectivity index (χ2n) is 4.81. The van der Waals surface area contributed by atoms with E-state index in [1.165, 1.54) is 5.56 Å². The fourth-order valence-electron chi connectivity index (χ4n) is 2.01. The van der Waals surface area contributed by atoms with E-state index in [0.717, 1.165) is 23.6 Å². The molecule has 0 aliphatic carbocycles. The summed E-state index contributed by atoms with van der Waals surface area (Å²) in [5, 5.41) is 3.13. The number of hydrogen-bond donors (Lipinski definition) is 1. The second-order valence-corrected chi connectivity index (χ2v) is 4.81. The van der Waals surface area contributed by atoms with Crippen molar-refractivity contribution in [3.63, 3.8) is 0 Å². The molecule has 1 heterocycles. The molecule has 3 heteroatoms. The average Bonchev–Trinajstić information content (AvgIpc) is 2.42. The number of para-hydroxylation sites is 1. The molecule has 3 nitrogen and oxygen atoms in total. The molecule has 0 saturated heterocycles. The van der Waals surface area contributed by atoms with Crippen LogP contribution in [-0.4, -0.2) is 12.0 Å². The molecule has 0 fully saturated rings. The van der Waals surface area contributed by atoms with Crippen LogP contribution in [0.5, 0.6) is 11.5 Å². The molecule has 1 aromatic heterocycles. The van der Waals surface area contributed by atoms with E-state index in [4.69, 9.17) is 4.74 Å². The Hall–Kier alpha value is -1.87. The van der Waals surface area contributed by atoms with Gasteiger partial charge in [0.25, 0.3) is 0 Å². The maximum Gasteiger partial charge on any atom is 0.135 e. The van der Waals surface area contributed by atoms with E-state index in [2.05, 4.69) is 30.2 Å². The SMILES string of the molecule is CNCc1cnccc1Oc1ccccc1C(C)C. The molecule has 0 amide bonds. The zero-order valence-corrected chi connectivity index (χ0v) is 11.7. The summed E-state index contributed by atoms with van der Waals surface area (Å²) in [6.45, 7) is 5.08. The highest BCUT2D eigenvalue weighted by atomic mass is 16.5. The molecule has 0 saturated carbocycles. The van der Waals surface area contributed by atoms with Crippen LogP contribution in [0.25, 0.3) is 0 Å². The van der Waals surface area contributed by atoms with Gasteiger partial charge in [-0.05, 0) is 30.7 Å². The van der Waals surface area contributed by atoms with Crippen LogP contribution in [0.3, 0.4) is 0 Å². The highest BCUT2D eigenvalue weighted by molar-refractivity contribution is 5.41. The minimum atomic E-state index is 0.436. The quantitative estimate of drug-likeness (QED) is 0.885. The minimum Gasteiger partial charge on any atom is -0.457 e. The van der Waals surface area contributed by atoms with Gasteiger partial charge < -0.3 is 10.1 Å². The van der Waals surface area contributed by atoms with Gasteiger partial charge in [0, 0.05) is 24.5 Å². The largest absolute Gasteiger partial charge is 0.457 e. The molecule has 0 aliphatic rings. The van der Waals surface area contributed by atoms with Gasteiger partial charge in [0.2, 0.25) is 0 Å². The summed E-state index contributed by atoms with van der Waals surface area (Å²) < 4.78 is 6.07. The fourth-order valence-corrected chi connectivity index (χ4v) is 2.01. The molecule has 0 bridgehead atoms. The first-order valence-electron chi connectivity index (χ1n) is 6.56. The van der Waals surface area contributed by atoms with Crippen molar-refractivity contribution in [3.8, 4) is 11.5 Å². The van der Waals surface area contributed by atoms with E-state index in [1.54, 1.807) is 6.20 Å². The number of nitrogens with zero attached hydrogens (tertiary/aromatic N) is 1. The van der Waals surface area contributed by atoms with Crippen molar-refractivity contribution >= 4 is 0 Å². The highest BCUT2D eigenvalue weighted by Gasteiger charge is 2.10. The maximum absolute atomic E-state index is 6.07. The van der Waals surface area contributed by atoms with Crippen LogP contribution < -0.4 is 10.1 Å². The van der Waals surface area contributed by atoms with Gasteiger partial charge >= 0.3 is 0 Å². The first kappa shape index (κ1) is 13.6. The second kappa shape index (κ2) is 6.34. The Labute approximate surface area is 114 Å². The van der Waals surface area contributed by atoms with E-state index >= 15 is 0 Å². The zero-order valence-electron chi connectivity index (χ0n) is 11.7. The van der Waals surface area contributed by atoms with Gasteiger partial charge in [-0.2, -0.15) is 0 Å². The predicted octanol–water partition coefficient (Wildman–Crippen LogP) is 3.72. The van der Waals surface area contributed by atoms with Crippen LogP contribution in [0.2, 0.25) is 0 Å². The van der Waals surface area contributed by atoms with E-state index in [9.17, 15) is 0 Å². The monoisotopic (exact) mass is 256 g/mol. The lowest BCUT2D eigenvalue weighted by atomic mass is 10.0. The van der Waals surface area contributed by atoms with Gasteiger partial charge in [-0.15, -0.1) is 0 Å². The number of nitrogens with one attached hydrogen (secondary N) is 1. The van der Waals surface area contributed by atoms with Crippen LogP contribution in [0.15, 0.2) is 42.7 Å². The Morgan fingerprint density at radius 2 is 1.95 bits per heavy atom. The van der Waals surface area contributed by atoms with E-state index in [1.807, 2.05) is 37.5 Å². The number of aromatic nitrogens is 1. The molecule has 0 radical (unpaired) electrons. The van der Waals surface area contributed by atoms with E-state index < -0.39 is 0 Å². The summed E-state index contributed by atoms with van der Waals surface area (Å²) in [4.78, 5) is 4.14. The van der Waals surface area contributed by atoms with Crippen LogP contribution in [0, 0.1) is 0 Å². The molecule has 1 aromatic carbocycles. The zero-order chi connectivity index (χ0) is 13.7. The Bertz CT molecular complexity index is 538. The molecule has 100 valence electrons. The molecule has 19 heavy (non-hydrogen) atoms. The van der Waals surface area contributed by atoms with E-state index in [0.29, 0.717) is 5.92 Å². The number of ether oxygens (including phenoxy) is 1. The number of hydrogen-bond acceptors (Lipinski definition) is 3. The summed E-state index contributed by atoms with van der Waals surface area (Å²) in [5.41, 5.74) is 2.28. The maximum atomic E-state index is 6.07. The average molecular weight is 256 g/mol. The van der Waals surface area contributed by atoms with Crippen LogP contribution in [-0.2, 0) is 6.54 Å². The Balaban J connectivity index is 2.31. The van der Waals surface area contributed by atoms with Crippen molar-refractivity contribution < 1.29 is 4.74 Å². The summed E-state index contributed by atoms with van der Waals surface area (Å²) >= 11 is 0. The number of pyridine rings is 1. The molecule has 0 unspecified atom stereocenters. The predicted molar refractivity (Wildman–Crippen MR) is 77.6 cm³/mol. The topological polar surface area (TPSA) is 34.2 Å². The molecule has 0 aliphatic heterocycles. The summed E-state index contributed by atoms with van der Waals surface area (Å²) in [7, 11) is 1.92. The van der Waals surface area contributed by atoms with Crippen molar-refractivity contribution in [3.05, 3.63) is 53.9 Å². The lowest BCUT2D eigenvalue weighted by Crippen LogP contribution is -2.07. The van der Waals surface area contributed by atoms with Crippen molar-refractivity contribution in [2.24, 2.45) is 0 Å². The smallest absolute Gasteiger partial charge is 0.135 e. The standard InChI is InChI=1S/C16H20N2O/c1-12(2)14-6-4-5-7-16(14)19-15-8-9-18-11-13(15)10-17-3/h4-9,11-12,17H,10H2,1-3H3. The van der Waals surface area contributed by atoms with Crippen LogP contribution in [0.1, 0.15) is 30.9 Å². The third-order valence-corrected chi connectivity index (χ3v) is 2.99. The molecular formula is C16H20N2O. The molecule has 2 rings (SSSR count). The Morgan fingerprint density at radius 1 is 1.16 bits per heavy atom. The van der Waals surface area contributed by atoms with Gasteiger partial charge in [-0.3, -0.25) is 4.98 Å². The molecular weight excluding hydrogens is 236 g/mol. The molecule has 0 atom stereocenters. The van der Waals surface area contributed by atoms with Crippen molar-refractivity contribution in [2.75, 3.05) is 7.05 Å². The first-order chi connectivity index (χ1) is 9.22. The molecule has 2 aromatic rings. The third-order valence-electron chi connectivity index (χ3n) is 2.99. The molecule has 1 N–H and O–H groups in total. The highest BCUT2D eigenvalue weighted by Crippen LogP contribution is 2.31. The lowest BCUT2D eigenvalue weighted by Gasteiger charge is -2.15. The van der Waals surface area contributed by atoms with Crippen molar-refractivity contribution in [1.29, 1.82) is 0 Å². The fraction of sp³-hybridized carbons (Fsp3) is 0.312.